The molecule has 4 saturated carbocycles. The zero-order valence-electron chi connectivity index (χ0n) is 14.9. The number of ether oxygens (including phenoxy) is 1. The van der Waals surface area contributed by atoms with Crippen molar-refractivity contribution >= 4 is 5.78 Å². The van der Waals surface area contributed by atoms with E-state index in [9.17, 15) is 9.90 Å². The van der Waals surface area contributed by atoms with Crippen LogP contribution < -0.4 is 0 Å². The summed E-state index contributed by atoms with van der Waals surface area (Å²) in [4.78, 5) is 12.8. The number of fused-ring (bicyclic) bond motifs is 5. The third-order valence-electron chi connectivity index (χ3n) is 8.64. The van der Waals surface area contributed by atoms with Gasteiger partial charge in [-0.15, -0.1) is 0 Å². The molecule has 0 aromatic heterocycles. The van der Waals surface area contributed by atoms with E-state index in [1.165, 1.54) is 25.7 Å². The van der Waals surface area contributed by atoms with Crippen molar-refractivity contribution in [3.05, 3.63) is 0 Å². The molecule has 0 aromatic rings. The van der Waals surface area contributed by atoms with Crippen molar-refractivity contribution in [3.63, 3.8) is 0 Å². The van der Waals surface area contributed by atoms with E-state index in [2.05, 4.69) is 13.8 Å². The predicted octanol–water partition coefficient (Wildman–Crippen LogP) is 3.58. The van der Waals surface area contributed by atoms with Crippen LogP contribution in [0.5, 0.6) is 0 Å². The molecule has 23 heavy (non-hydrogen) atoms. The van der Waals surface area contributed by atoms with E-state index in [0.29, 0.717) is 29.0 Å². The van der Waals surface area contributed by atoms with Gasteiger partial charge in [0.25, 0.3) is 0 Å². The fourth-order valence-electron chi connectivity index (χ4n) is 7.21. The van der Waals surface area contributed by atoms with Gasteiger partial charge in [-0.05, 0) is 80.5 Å². The summed E-state index contributed by atoms with van der Waals surface area (Å²) >= 11 is 0. The molecule has 4 aliphatic carbocycles. The van der Waals surface area contributed by atoms with Crippen LogP contribution in [-0.2, 0) is 9.53 Å². The first-order chi connectivity index (χ1) is 10.9. The third kappa shape index (κ3) is 2.12. The Hall–Kier alpha value is -0.410. The van der Waals surface area contributed by atoms with Crippen LogP contribution in [-0.4, -0.2) is 30.2 Å². The van der Waals surface area contributed by atoms with E-state index in [0.717, 1.165) is 31.6 Å². The van der Waals surface area contributed by atoms with Crippen LogP contribution in [0.3, 0.4) is 0 Å². The fraction of sp³-hybridized carbons (Fsp3) is 0.950. The summed E-state index contributed by atoms with van der Waals surface area (Å²) in [6, 6.07) is 0. The molecule has 0 amide bonds. The zero-order chi connectivity index (χ0) is 16.4. The molecule has 0 radical (unpaired) electrons. The number of hydrogen-bond donors (Lipinski definition) is 1. The van der Waals surface area contributed by atoms with Gasteiger partial charge in [0.05, 0.1) is 6.10 Å². The highest BCUT2D eigenvalue weighted by atomic mass is 16.5. The zero-order valence-corrected chi connectivity index (χ0v) is 14.9. The summed E-state index contributed by atoms with van der Waals surface area (Å²) in [5.41, 5.74) is 0.247. The standard InChI is InChI=1S/C20H32O3/c1-19-8-6-13(21)10-12(19)4-5-14-15(19)7-9-20(2)16(14)11-17(23-3)18(20)22/h12-17,21H,4-11H2,1-3H3. The second-order valence-electron chi connectivity index (χ2n) is 9.37. The van der Waals surface area contributed by atoms with Gasteiger partial charge in [0.1, 0.15) is 6.10 Å². The molecule has 3 heteroatoms. The molecule has 3 nitrogen and oxygen atoms in total. The molecular formula is C20H32O3. The highest BCUT2D eigenvalue weighted by molar-refractivity contribution is 5.91. The quantitative estimate of drug-likeness (QED) is 0.803. The molecular weight excluding hydrogens is 288 g/mol. The second-order valence-corrected chi connectivity index (χ2v) is 9.37. The molecule has 0 heterocycles. The highest BCUT2D eigenvalue weighted by Crippen LogP contribution is 2.65. The van der Waals surface area contributed by atoms with E-state index in [4.69, 9.17) is 4.74 Å². The van der Waals surface area contributed by atoms with Crippen molar-refractivity contribution < 1.29 is 14.6 Å². The van der Waals surface area contributed by atoms with Crippen molar-refractivity contribution in [2.45, 2.75) is 77.4 Å². The summed E-state index contributed by atoms with van der Waals surface area (Å²) < 4.78 is 5.52. The predicted molar refractivity (Wildman–Crippen MR) is 88.9 cm³/mol. The average molecular weight is 320 g/mol. The van der Waals surface area contributed by atoms with Gasteiger partial charge in [-0.3, -0.25) is 4.79 Å². The number of aliphatic hydroxyl groups is 1. The molecule has 8 unspecified atom stereocenters. The minimum atomic E-state index is -0.164. The summed E-state index contributed by atoms with van der Waals surface area (Å²) in [6.07, 6.45) is 8.58. The summed E-state index contributed by atoms with van der Waals surface area (Å²) in [5, 5.41) is 10.1. The van der Waals surface area contributed by atoms with E-state index in [-0.39, 0.29) is 17.6 Å². The first-order valence-corrected chi connectivity index (χ1v) is 9.65. The first kappa shape index (κ1) is 16.1. The van der Waals surface area contributed by atoms with Gasteiger partial charge in [0.15, 0.2) is 5.78 Å². The van der Waals surface area contributed by atoms with E-state index in [1.54, 1.807) is 7.11 Å². The van der Waals surface area contributed by atoms with E-state index < -0.39 is 0 Å². The minimum absolute atomic E-state index is 0.0792. The van der Waals surface area contributed by atoms with Gasteiger partial charge < -0.3 is 9.84 Å². The Bertz CT molecular complexity index is 503. The lowest BCUT2D eigenvalue weighted by molar-refractivity contribution is -0.144. The maximum absolute atomic E-state index is 12.8. The van der Waals surface area contributed by atoms with Crippen molar-refractivity contribution in [1.82, 2.24) is 0 Å². The van der Waals surface area contributed by atoms with Crippen LogP contribution in [0, 0.1) is 34.5 Å². The van der Waals surface area contributed by atoms with Crippen LogP contribution in [0.15, 0.2) is 0 Å². The lowest BCUT2D eigenvalue weighted by Crippen LogP contribution is -2.54. The van der Waals surface area contributed by atoms with Crippen LogP contribution in [0.4, 0.5) is 0 Å². The van der Waals surface area contributed by atoms with Gasteiger partial charge in [0, 0.05) is 12.5 Å². The molecule has 0 saturated heterocycles. The Morgan fingerprint density at radius 1 is 1.04 bits per heavy atom. The Labute approximate surface area is 140 Å². The van der Waals surface area contributed by atoms with Gasteiger partial charge in [-0.25, -0.2) is 0 Å². The molecule has 0 spiro atoms. The summed E-state index contributed by atoms with van der Waals surface area (Å²) in [5.74, 6) is 3.01. The smallest absolute Gasteiger partial charge is 0.167 e. The van der Waals surface area contributed by atoms with Crippen LogP contribution >= 0.6 is 0 Å². The summed E-state index contributed by atoms with van der Waals surface area (Å²) in [6.45, 7) is 4.71. The largest absolute Gasteiger partial charge is 0.393 e. The van der Waals surface area contributed by atoms with Crippen molar-refractivity contribution in [1.29, 1.82) is 0 Å². The van der Waals surface area contributed by atoms with Crippen molar-refractivity contribution in [3.8, 4) is 0 Å². The number of rotatable bonds is 1. The Balaban J connectivity index is 1.63. The number of hydrogen-bond acceptors (Lipinski definition) is 3. The molecule has 1 N–H and O–H groups in total. The molecule has 4 rings (SSSR count). The maximum atomic E-state index is 12.8. The van der Waals surface area contributed by atoms with Gasteiger partial charge >= 0.3 is 0 Å². The highest BCUT2D eigenvalue weighted by Gasteiger charge is 2.62. The van der Waals surface area contributed by atoms with Crippen LogP contribution in [0.25, 0.3) is 0 Å². The summed E-state index contributed by atoms with van der Waals surface area (Å²) in [7, 11) is 1.70. The first-order valence-electron chi connectivity index (χ1n) is 9.65. The lowest BCUT2D eigenvalue weighted by Gasteiger charge is -2.59. The van der Waals surface area contributed by atoms with Gasteiger partial charge in [-0.2, -0.15) is 0 Å². The normalized spacial score (nSPS) is 55.9. The van der Waals surface area contributed by atoms with E-state index >= 15 is 0 Å². The monoisotopic (exact) mass is 320 g/mol. The Morgan fingerprint density at radius 2 is 1.83 bits per heavy atom. The average Bonchev–Trinajstić information content (AvgIpc) is 2.79. The number of ketones is 1. The molecule has 130 valence electrons. The second kappa shape index (κ2) is 5.29. The Kier molecular flexibility index (Phi) is 3.70. The topological polar surface area (TPSA) is 46.5 Å². The van der Waals surface area contributed by atoms with Gasteiger partial charge in [0.2, 0.25) is 0 Å². The molecule has 4 fully saturated rings. The number of aliphatic hydroxyl groups excluding tert-OH is 1. The minimum Gasteiger partial charge on any atom is -0.393 e. The molecule has 0 aliphatic heterocycles. The van der Waals surface area contributed by atoms with Gasteiger partial charge in [-0.1, -0.05) is 13.8 Å². The molecule has 0 bridgehead atoms. The Morgan fingerprint density at radius 3 is 2.57 bits per heavy atom. The SMILES string of the molecule is COC1CC2C3CCC4CC(O)CCC4(C)C3CCC2(C)C1=O. The third-order valence-corrected chi connectivity index (χ3v) is 8.64. The van der Waals surface area contributed by atoms with Crippen molar-refractivity contribution in [2.75, 3.05) is 7.11 Å². The number of methoxy groups -OCH3 is 1. The molecule has 8 atom stereocenters. The van der Waals surface area contributed by atoms with Crippen molar-refractivity contribution in [2.24, 2.45) is 34.5 Å². The molecule has 4 aliphatic rings. The molecule has 0 aromatic carbocycles. The maximum Gasteiger partial charge on any atom is 0.167 e. The number of carbonyl (C=O) groups excluding carboxylic acids is 1. The lowest BCUT2D eigenvalue weighted by atomic mass is 9.45. The van der Waals surface area contributed by atoms with Crippen LogP contribution in [0.1, 0.15) is 65.2 Å². The van der Waals surface area contributed by atoms with E-state index in [1.807, 2.05) is 0 Å². The fourth-order valence-corrected chi connectivity index (χ4v) is 7.21. The van der Waals surface area contributed by atoms with Crippen LogP contribution in [0.2, 0.25) is 0 Å². The number of carbonyl (C=O) groups is 1. The number of Topliss-reactive ketones (excluding diaryl/α,β-unsaturated/α-hetero) is 1.